The maximum absolute atomic E-state index is 12.4. The van der Waals surface area contributed by atoms with Crippen LogP contribution in [0, 0.1) is 0 Å². The lowest BCUT2D eigenvalue weighted by Crippen LogP contribution is -2.42. The van der Waals surface area contributed by atoms with Gasteiger partial charge in [-0.15, -0.1) is 0 Å². The van der Waals surface area contributed by atoms with Crippen molar-refractivity contribution in [1.29, 1.82) is 0 Å². The van der Waals surface area contributed by atoms with Crippen LogP contribution >= 0.6 is 11.6 Å². The van der Waals surface area contributed by atoms with Crippen molar-refractivity contribution in [3.63, 3.8) is 0 Å². The summed E-state index contributed by atoms with van der Waals surface area (Å²) >= 11 is 6.74. The minimum atomic E-state index is -3.39. The summed E-state index contributed by atoms with van der Waals surface area (Å²) in [5, 5.41) is 4.62. The van der Waals surface area contributed by atoms with E-state index < -0.39 is 10.0 Å². The minimum absolute atomic E-state index is 0.120. The van der Waals surface area contributed by atoms with Crippen LogP contribution in [0.15, 0.2) is 43.1 Å². The molecule has 1 fully saturated rings. The Bertz CT molecular complexity index is 1520. The van der Waals surface area contributed by atoms with Gasteiger partial charge in [-0.3, -0.25) is 4.79 Å². The number of aromatic nitrogens is 2. The topological polar surface area (TPSA) is 123 Å². The van der Waals surface area contributed by atoms with Gasteiger partial charge in [0.1, 0.15) is 11.5 Å². The monoisotopic (exact) mass is 603 g/mol. The predicted octanol–water partition coefficient (Wildman–Crippen LogP) is 4.67. The van der Waals surface area contributed by atoms with Gasteiger partial charge in [0.25, 0.3) is 0 Å². The summed E-state index contributed by atoms with van der Waals surface area (Å²) in [4.78, 5) is 23.1. The number of rotatable bonds is 10. The molecule has 2 aromatic carbocycles. The Kier molecular flexibility index (Phi) is 10.9. The van der Waals surface area contributed by atoms with E-state index in [0.29, 0.717) is 41.9 Å². The molecule has 0 bridgehead atoms. The smallest absolute Gasteiger partial charge is 0.246 e. The average Bonchev–Trinajstić information content (AvgIpc) is 3.38. The standard InChI is InChI=1S/C27H32ClN5O5S.C2H6/c1-6-20-22(37-3)12-23(38-4)26(28)25(20)16-8-9-21-17(10-16)13-29-27(32-21)31-18-11-19(14-30-39(5,35)36)33(15-18)24(34)7-2;1-2/h7-10,12-13,18-19,30H,2,6,11,14-15H2,1,3-5H3,(H,29,31,32);1-2H3. The average molecular weight is 604 g/mol. The van der Waals surface area contributed by atoms with Crippen LogP contribution in [0.5, 0.6) is 11.5 Å². The summed E-state index contributed by atoms with van der Waals surface area (Å²) in [6.07, 6.45) is 5.29. The second kappa shape index (κ2) is 14.0. The molecule has 12 heteroatoms. The third-order valence-corrected chi connectivity index (χ3v) is 7.81. The number of likely N-dealkylation sites (tertiary alicyclic amines) is 1. The molecule has 2 atom stereocenters. The van der Waals surface area contributed by atoms with Crippen molar-refractivity contribution in [3.8, 4) is 22.6 Å². The number of amides is 1. The van der Waals surface area contributed by atoms with Crippen LogP contribution in [0.1, 0.15) is 32.8 Å². The second-order valence-electron chi connectivity index (χ2n) is 9.32. The maximum Gasteiger partial charge on any atom is 0.246 e. The Labute approximate surface area is 247 Å². The van der Waals surface area contributed by atoms with Gasteiger partial charge in [0.15, 0.2) is 0 Å². The largest absolute Gasteiger partial charge is 0.496 e. The number of methoxy groups -OCH3 is 2. The molecular formula is C29H38ClN5O5S. The van der Waals surface area contributed by atoms with Gasteiger partial charge in [0.05, 0.1) is 31.0 Å². The van der Waals surface area contributed by atoms with Crippen molar-refractivity contribution in [2.45, 2.75) is 45.7 Å². The van der Waals surface area contributed by atoms with E-state index >= 15 is 0 Å². The van der Waals surface area contributed by atoms with E-state index in [2.05, 4.69) is 26.6 Å². The lowest BCUT2D eigenvalue weighted by Gasteiger charge is -2.22. The fourth-order valence-electron chi connectivity index (χ4n) is 4.92. The highest BCUT2D eigenvalue weighted by Crippen LogP contribution is 2.44. The van der Waals surface area contributed by atoms with E-state index in [1.807, 2.05) is 39.0 Å². The molecule has 1 aliphatic heterocycles. The number of anilines is 1. The molecule has 1 saturated heterocycles. The maximum atomic E-state index is 12.4. The molecule has 2 heterocycles. The van der Waals surface area contributed by atoms with E-state index in [4.69, 9.17) is 21.1 Å². The quantitative estimate of drug-likeness (QED) is 0.321. The normalized spacial score (nSPS) is 16.6. The summed E-state index contributed by atoms with van der Waals surface area (Å²) in [6.45, 7) is 10.1. The first kappa shape index (κ1) is 32.1. The van der Waals surface area contributed by atoms with Crippen LogP contribution in [0.4, 0.5) is 5.95 Å². The molecule has 41 heavy (non-hydrogen) atoms. The third-order valence-electron chi connectivity index (χ3n) is 6.75. The molecular weight excluding hydrogens is 566 g/mol. The SMILES string of the molecule is C=CC(=O)N1CC(Nc2ncc3cc(-c4c(Cl)c(OC)cc(OC)c4CC)ccc3n2)CC1CNS(C)(=O)=O.CC. The van der Waals surface area contributed by atoms with Crippen LogP contribution in [-0.2, 0) is 21.2 Å². The van der Waals surface area contributed by atoms with Crippen LogP contribution in [0.2, 0.25) is 5.02 Å². The Morgan fingerprint density at radius 3 is 2.54 bits per heavy atom. The number of nitrogens with zero attached hydrogens (tertiary/aromatic N) is 3. The van der Waals surface area contributed by atoms with E-state index in [0.717, 1.165) is 33.8 Å². The highest BCUT2D eigenvalue weighted by Gasteiger charge is 2.35. The van der Waals surface area contributed by atoms with E-state index in [1.54, 1.807) is 31.4 Å². The van der Waals surface area contributed by atoms with Crippen molar-refractivity contribution in [2.24, 2.45) is 0 Å². The fraction of sp³-hybridized carbons (Fsp3) is 0.414. The number of carbonyl (C=O) groups is 1. The lowest BCUT2D eigenvalue weighted by atomic mass is 9.95. The number of ether oxygens (including phenoxy) is 2. The van der Waals surface area contributed by atoms with Gasteiger partial charge in [0.2, 0.25) is 21.9 Å². The number of carbonyl (C=O) groups excluding carboxylic acids is 1. The van der Waals surface area contributed by atoms with Gasteiger partial charge in [0, 0.05) is 53.9 Å². The molecule has 1 aromatic heterocycles. The third kappa shape index (κ3) is 7.46. The van der Waals surface area contributed by atoms with Gasteiger partial charge >= 0.3 is 0 Å². The zero-order chi connectivity index (χ0) is 30.3. The molecule has 0 aliphatic carbocycles. The van der Waals surface area contributed by atoms with E-state index in [-0.39, 0.29) is 24.5 Å². The molecule has 10 nitrogen and oxygen atoms in total. The summed E-state index contributed by atoms with van der Waals surface area (Å²) in [7, 11) is -0.198. The molecule has 0 spiro atoms. The Balaban J connectivity index is 0.00000226. The number of fused-ring (bicyclic) bond motifs is 1. The minimum Gasteiger partial charge on any atom is -0.496 e. The van der Waals surface area contributed by atoms with Crippen LogP contribution in [-0.4, -0.2) is 74.8 Å². The summed E-state index contributed by atoms with van der Waals surface area (Å²) in [5.74, 6) is 1.39. The molecule has 1 amide bonds. The molecule has 4 rings (SSSR count). The van der Waals surface area contributed by atoms with Crippen LogP contribution < -0.4 is 19.5 Å². The first-order valence-electron chi connectivity index (χ1n) is 13.4. The predicted molar refractivity (Wildman–Crippen MR) is 164 cm³/mol. The Morgan fingerprint density at radius 1 is 1.22 bits per heavy atom. The number of halogens is 1. The Hall–Kier alpha value is -3.41. The molecule has 2 unspecified atom stereocenters. The summed E-state index contributed by atoms with van der Waals surface area (Å²) < 4.78 is 36.7. The molecule has 1 aliphatic rings. The number of hydrogen-bond acceptors (Lipinski definition) is 8. The first-order chi connectivity index (χ1) is 19.6. The Morgan fingerprint density at radius 2 is 1.93 bits per heavy atom. The number of benzene rings is 2. The van der Waals surface area contributed by atoms with Gasteiger partial charge < -0.3 is 19.7 Å². The number of hydrogen-bond donors (Lipinski definition) is 2. The summed E-state index contributed by atoms with van der Waals surface area (Å²) in [6, 6.07) is 7.15. The highest BCUT2D eigenvalue weighted by molar-refractivity contribution is 7.88. The van der Waals surface area contributed by atoms with Gasteiger partial charge in [-0.05, 0) is 36.6 Å². The van der Waals surface area contributed by atoms with E-state index in [1.165, 1.54) is 6.08 Å². The molecule has 3 aromatic rings. The van der Waals surface area contributed by atoms with E-state index in [9.17, 15) is 13.2 Å². The van der Waals surface area contributed by atoms with Crippen molar-refractivity contribution < 1.29 is 22.7 Å². The second-order valence-corrected chi connectivity index (χ2v) is 11.5. The first-order valence-corrected chi connectivity index (χ1v) is 15.7. The van der Waals surface area contributed by atoms with Gasteiger partial charge in [-0.25, -0.2) is 23.1 Å². The molecule has 2 N–H and O–H groups in total. The van der Waals surface area contributed by atoms with Crippen molar-refractivity contribution in [3.05, 3.63) is 53.7 Å². The van der Waals surface area contributed by atoms with Crippen LogP contribution in [0.3, 0.4) is 0 Å². The molecule has 0 saturated carbocycles. The zero-order valence-electron chi connectivity index (χ0n) is 24.3. The lowest BCUT2D eigenvalue weighted by molar-refractivity contribution is -0.126. The number of sulfonamides is 1. The van der Waals surface area contributed by atoms with Crippen LogP contribution in [0.25, 0.3) is 22.0 Å². The van der Waals surface area contributed by atoms with Gasteiger partial charge in [-0.1, -0.05) is 45.0 Å². The zero-order valence-corrected chi connectivity index (χ0v) is 25.9. The number of nitrogens with one attached hydrogen (secondary N) is 2. The van der Waals surface area contributed by atoms with Gasteiger partial charge in [-0.2, -0.15) is 0 Å². The molecule has 222 valence electrons. The van der Waals surface area contributed by atoms with Crippen molar-refractivity contribution >= 4 is 44.4 Å². The molecule has 0 radical (unpaired) electrons. The fourth-order valence-corrected chi connectivity index (χ4v) is 5.77. The van der Waals surface area contributed by atoms with Crippen molar-refractivity contribution in [1.82, 2.24) is 19.6 Å². The highest BCUT2D eigenvalue weighted by atomic mass is 35.5. The summed E-state index contributed by atoms with van der Waals surface area (Å²) in [5.41, 5.74) is 3.43. The van der Waals surface area contributed by atoms with Crippen molar-refractivity contribution in [2.75, 3.05) is 38.9 Å².